The molecule has 0 radical (unpaired) electrons. The molecular formula is C15H22N2O. The minimum absolute atomic E-state index is 0.122. The van der Waals surface area contributed by atoms with Crippen molar-refractivity contribution in [3.8, 4) is 0 Å². The lowest BCUT2D eigenvalue weighted by Gasteiger charge is -2.31. The Bertz CT molecular complexity index is 371. The molecule has 2 rings (SSSR count). The van der Waals surface area contributed by atoms with Gasteiger partial charge in [0.2, 0.25) is 5.91 Å². The highest BCUT2D eigenvalue weighted by Crippen LogP contribution is 2.28. The van der Waals surface area contributed by atoms with Crippen molar-refractivity contribution in [2.45, 2.75) is 37.6 Å². The van der Waals surface area contributed by atoms with Crippen LogP contribution in [0.1, 0.15) is 37.2 Å². The third-order valence-corrected chi connectivity index (χ3v) is 3.75. The van der Waals surface area contributed by atoms with Gasteiger partial charge in [0.05, 0.1) is 0 Å². The minimum Gasteiger partial charge on any atom is -0.359 e. The number of amides is 1. The van der Waals surface area contributed by atoms with Crippen molar-refractivity contribution < 1.29 is 4.79 Å². The molecule has 1 aromatic rings. The number of rotatable bonds is 4. The van der Waals surface area contributed by atoms with E-state index < -0.39 is 0 Å². The van der Waals surface area contributed by atoms with Gasteiger partial charge in [-0.2, -0.15) is 0 Å². The van der Waals surface area contributed by atoms with Crippen molar-refractivity contribution in [2.75, 3.05) is 13.6 Å². The van der Waals surface area contributed by atoms with Gasteiger partial charge in [-0.05, 0) is 24.9 Å². The Labute approximate surface area is 109 Å². The van der Waals surface area contributed by atoms with Crippen LogP contribution in [0.3, 0.4) is 0 Å². The summed E-state index contributed by atoms with van der Waals surface area (Å²) in [4.78, 5) is 11.7. The van der Waals surface area contributed by atoms with E-state index in [9.17, 15) is 4.79 Å². The molecule has 0 aliphatic carbocycles. The number of benzene rings is 1. The van der Waals surface area contributed by atoms with E-state index in [1.54, 1.807) is 7.05 Å². The lowest BCUT2D eigenvalue weighted by molar-refractivity contribution is -0.121. The molecule has 2 N–H and O–H groups in total. The first-order valence-corrected chi connectivity index (χ1v) is 6.80. The molecule has 98 valence electrons. The van der Waals surface area contributed by atoms with Crippen LogP contribution in [0.5, 0.6) is 0 Å². The van der Waals surface area contributed by atoms with E-state index in [1.165, 1.54) is 18.4 Å². The van der Waals surface area contributed by atoms with Gasteiger partial charge in [-0.1, -0.05) is 36.8 Å². The Balaban J connectivity index is 2.14. The molecule has 0 bridgehead atoms. The van der Waals surface area contributed by atoms with Crippen molar-refractivity contribution in [1.29, 1.82) is 0 Å². The van der Waals surface area contributed by atoms with E-state index in [0.29, 0.717) is 12.5 Å². The predicted octanol–water partition coefficient (Wildman–Crippen LogP) is 2.05. The van der Waals surface area contributed by atoms with E-state index in [-0.39, 0.29) is 11.8 Å². The van der Waals surface area contributed by atoms with E-state index in [4.69, 9.17) is 0 Å². The highest BCUT2D eigenvalue weighted by atomic mass is 16.1. The Morgan fingerprint density at radius 1 is 1.39 bits per heavy atom. The number of hydrogen-bond donors (Lipinski definition) is 2. The fourth-order valence-corrected chi connectivity index (χ4v) is 2.72. The highest BCUT2D eigenvalue weighted by molar-refractivity contribution is 5.76. The van der Waals surface area contributed by atoms with Crippen molar-refractivity contribution in [1.82, 2.24) is 10.6 Å². The molecular weight excluding hydrogens is 224 g/mol. The summed E-state index contributed by atoms with van der Waals surface area (Å²) in [5.41, 5.74) is 1.26. The average Bonchev–Trinajstić information content (AvgIpc) is 2.46. The topological polar surface area (TPSA) is 41.1 Å². The largest absolute Gasteiger partial charge is 0.359 e. The van der Waals surface area contributed by atoms with Crippen LogP contribution in [0.15, 0.2) is 30.3 Å². The van der Waals surface area contributed by atoms with Crippen LogP contribution in [-0.2, 0) is 4.79 Å². The second kappa shape index (κ2) is 6.55. The lowest BCUT2D eigenvalue weighted by atomic mass is 9.84. The Morgan fingerprint density at radius 2 is 2.17 bits per heavy atom. The number of hydrogen-bond acceptors (Lipinski definition) is 2. The first kappa shape index (κ1) is 13.1. The van der Waals surface area contributed by atoms with E-state index in [0.717, 1.165) is 13.0 Å². The molecule has 0 saturated carbocycles. The van der Waals surface area contributed by atoms with Gasteiger partial charge in [0.15, 0.2) is 0 Å². The molecule has 3 heteroatoms. The molecule has 2 atom stereocenters. The maximum absolute atomic E-state index is 11.7. The fraction of sp³-hybridized carbons (Fsp3) is 0.533. The Kier molecular flexibility index (Phi) is 4.76. The average molecular weight is 246 g/mol. The van der Waals surface area contributed by atoms with Crippen LogP contribution < -0.4 is 10.6 Å². The van der Waals surface area contributed by atoms with Crippen LogP contribution in [0, 0.1) is 0 Å². The third-order valence-electron chi connectivity index (χ3n) is 3.75. The van der Waals surface area contributed by atoms with Crippen LogP contribution in [0.4, 0.5) is 0 Å². The zero-order valence-electron chi connectivity index (χ0n) is 11.0. The third kappa shape index (κ3) is 3.33. The molecule has 18 heavy (non-hydrogen) atoms. The van der Waals surface area contributed by atoms with Gasteiger partial charge in [-0.15, -0.1) is 0 Å². The molecule has 3 nitrogen and oxygen atoms in total. The zero-order chi connectivity index (χ0) is 12.8. The SMILES string of the molecule is CNC(=O)C[C@H](c1ccccc1)[C@H]1CCCCN1. The number of nitrogens with one attached hydrogen (secondary N) is 2. The van der Waals surface area contributed by atoms with Gasteiger partial charge in [0, 0.05) is 25.4 Å². The second-order valence-corrected chi connectivity index (χ2v) is 4.95. The van der Waals surface area contributed by atoms with Gasteiger partial charge in [0.1, 0.15) is 0 Å². The van der Waals surface area contributed by atoms with E-state index >= 15 is 0 Å². The van der Waals surface area contributed by atoms with Gasteiger partial charge >= 0.3 is 0 Å². The minimum atomic E-state index is 0.122. The molecule has 1 saturated heterocycles. The smallest absolute Gasteiger partial charge is 0.220 e. The quantitative estimate of drug-likeness (QED) is 0.853. The number of carbonyl (C=O) groups excluding carboxylic acids is 1. The number of piperidine rings is 1. The monoisotopic (exact) mass is 246 g/mol. The van der Waals surface area contributed by atoms with E-state index in [2.05, 4.69) is 34.9 Å². The molecule has 1 fully saturated rings. The van der Waals surface area contributed by atoms with Gasteiger partial charge in [0.25, 0.3) is 0 Å². The van der Waals surface area contributed by atoms with Crippen LogP contribution in [0.2, 0.25) is 0 Å². The van der Waals surface area contributed by atoms with Gasteiger partial charge in [-0.25, -0.2) is 0 Å². The summed E-state index contributed by atoms with van der Waals surface area (Å²) in [5, 5.41) is 6.30. The molecule has 1 heterocycles. The molecule has 1 amide bonds. The van der Waals surface area contributed by atoms with Crippen molar-refractivity contribution in [3.05, 3.63) is 35.9 Å². The van der Waals surface area contributed by atoms with Gasteiger partial charge in [-0.3, -0.25) is 4.79 Å². The Morgan fingerprint density at radius 3 is 2.78 bits per heavy atom. The fourth-order valence-electron chi connectivity index (χ4n) is 2.72. The molecule has 0 unspecified atom stereocenters. The molecule has 1 aliphatic rings. The summed E-state index contributed by atoms with van der Waals surface area (Å²) in [6, 6.07) is 10.8. The normalized spacial score (nSPS) is 21.3. The maximum Gasteiger partial charge on any atom is 0.220 e. The first-order valence-electron chi connectivity index (χ1n) is 6.80. The summed E-state index contributed by atoms with van der Waals surface area (Å²) in [6.07, 6.45) is 4.24. The standard InChI is InChI=1S/C15H22N2O/c1-16-15(18)11-13(12-7-3-2-4-8-12)14-9-5-6-10-17-14/h2-4,7-8,13-14,17H,5-6,9-11H2,1H3,(H,16,18)/t13-,14-/m1/s1. The summed E-state index contributed by atoms with van der Waals surface area (Å²) in [7, 11) is 1.71. The zero-order valence-corrected chi connectivity index (χ0v) is 11.0. The summed E-state index contributed by atoms with van der Waals surface area (Å²) >= 11 is 0. The highest BCUT2D eigenvalue weighted by Gasteiger charge is 2.26. The first-order chi connectivity index (χ1) is 8.81. The van der Waals surface area contributed by atoms with Crippen LogP contribution >= 0.6 is 0 Å². The molecule has 1 aliphatic heterocycles. The predicted molar refractivity (Wildman–Crippen MR) is 73.5 cm³/mol. The van der Waals surface area contributed by atoms with Gasteiger partial charge < -0.3 is 10.6 Å². The lowest BCUT2D eigenvalue weighted by Crippen LogP contribution is -2.40. The summed E-state index contributed by atoms with van der Waals surface area (Å²) < 4.78 is 0. The van der Waals surface area contributed by atoms with Crippen molar-refractivity contribution in [3.63, 3.8) is 0 Å². The van der Waals surface area contributed by atoms with Crippen LogP contribution in [-0.4, -0.2) is 25.5 Å². The summed E-state index contributed by atoms with van der Waals surface area (Å²) in [6.45, 7) is 1.07. The van der Waals surface area contributed by atoms with Crippen LogP contribution in [0.25, 0.3) is 0 Å². The van der Waals surface area contributed by atoms with E-state index in [1.807, 2.05) is 6.07 Å². The second-order valence-electron chi connectivity index (χ2n) is 4.95. The summed E-state index contributed by atoms with van der Waals surface area (Å²) in [5.74, 6) is 0.405. The van der Waals surface area contributed by atoms with Crippen molar-refractivity contribution in [2.24, 2.45) is 0 Å². The molecule has 0 spiro atoms. The Hall–Kier alpha value is -1.35. The molecule has 1 aromatic carbocycles. The molecule has 0 aromatic heterocycles. The maximum atomic E-state index is 11.7. The van der Waals surface area contributed by atoms with Crippen molar-refractivity contribution >= 4 is 5.91 Å². The number of carbonyl (C=O) groups is 1.